The molecule has 0 N–H and O–H groups in total. The molecule has 1 amide bonds. The molecule has 3 aromatic carbocycles. The second-order valence-electron chi connectivity index (χ2n) is 6.93. The summed E-state index contributed by atoms with van der Waals surface area (Å²) in [5.74, 6) is 0.754. The normalized spacial score (nSPS) is 14.3. The van der Waals surface area contributed by atoms with Gasteiger partial charge in [0.25, 0.3) is 5.91 Å². The lowest BCUT2D eigenvalue weighted by Gasteiger charge is -2.31. The quantitative estimate of drug-likeness (QED) is 0.677. The molecule has 27 heavy (non-hydrogen) atoms. The van der Waals surface area contributed by atoms with Gasteiger partial charge in [-0.3, -0.25) is 4.79 Å². The van der Waals surface area contributed by atoms with Crippen LogP contribution < -0.4 is 4.74 Å². The van der Waals surface area contributed by atoms with E-state index in [0.717, 1.165) is 18.5 Å². The molecule has 1 atom stereocenters. The number of benzene rings is 3. The Kier molecular flexibility index (Phi) is 4.93. The Balaban J connectivity index is 1.40. The molecule has 0 radical (unpaired) electrons. The Hall–Kier alpha value is -3.07. The minimum absolute atomic E-state index is 0.0386. The summed E-state index contributed by atoms with van der Waals surface area (Å²) in [7, 11) is 0. The summed E-state index contributed by atoms with van der Waals surface area (Å²) in [6, 6.07) is 26.5. The van der Waals surface area contributed by atoms with Crippen LogP contribution in [-0.2, 0) is 17.8 Å². The number of ether oxygens (including phenoxy) is 1. The first-order chi connectivity index (χ1) is 13.2. The third-order valence-corrected chi connectivity index (χ3v) is 5.06. The Morgan fingerprint density at radius 3 is 2.22 bits per heavy atom. The van der Waals surface area contributed by atoms with E-state index in [1.54, 1.807) is 0 Å². The highest BCUT2D eigenvalue weighted by atomic mass is 16.5. The van der Waals surface area contributed by atoms with Gasteiger partial charge in [-0.15, -0.1) is 0 Å². The molecule has 136 valence electrons. The molecule has 1 heterocycles. The smallest absolute Gasteiger partial charge is 0.263 e. The SMILES string of the molecule is CC(Oc1ccc(-c2ccccc2)cc1)C(=O)N1CCc2ccccc2C1. The monoisotopic (exact) mass is 357 g/mol. The molecule has 0 fully saturated rings. The number of carbonyl (C=O) groups excluding carboxylic acids is 1. The molecule has 0 saturated carbocycles. The van der Waals surface area contributed by atoms with Gasteiger partial charge in [0.05, 0.1) is 0 Å². The third kappa shape index (κ3) is 3.87. The minimum Gasteiger partial charge on any atom is -0.481 e. The van der Waals surface area contributed by atoms with Crippen molar-refractivity contribution in [3.8, 4) is 16.9 Å². The summed E-state index contributed by atoms with van der Waals surface area (Å²) >= 11 is 0. The fourth-order valence-electron chi connectivity index (χ4n) is 3.55. The van der Waals surface area contributed by atoms with E-state index >= 15 is 0 Å². The number of carbonyl (C=O) groups is 1. The zero-order chi connectivity index (χ0) is 18.6. The van der Waals surface area contributed by atoms with E-state index < -0.39 is 6.10 Å². The van der Waals surface area contributed by atoms with Gasteiger partial charge < -0.3 is 9.64 Å². The number of fused-ring (bicyclic) bond motifs is 1. The molecule has 1 unspecified atom stereocenters. The largest absolute Gasteiger partial charge is 0.481 e. The van der Waals surface area contributed by atoms with E-state index in [2.05, 4.69) is 30.3 Å². The number of rotatable bonds is 4. The topological polar surface area (TPSA) is 29.5 Å². The average molecular weight is 357 g/mol. The summed E-state index contributed by atoms with van der Waals surface area (Å²) in [5, 5.41) is 0. The maximum absolute atomic E-state index is 12.8. The predicted octanol–water partition coefficient (Wildman–Crippen LogP) is 4.71. The first-order valence-electron chi connectivity index (χ1n) is 9.38. The molecule has 0 saturated heterocycles. The molecule has 3 heteroatoms. The van der Waals surface area contributed by atoms with Crippen LogP contribution in [0.15, 0.2) is 78.9 Å². The van der Waals surface area contributed by atoms with Crippen LogP contribution in [0, 0.1) is 0 Å². The molecule has 3 aromatic rings. The van der Waals surface area contributed by atoms with Crippen molar-refractivity contribution in [3.05, 3.63) is 90.0 Å². The predicted molar refractivity (Wildman–Crippen MR) is 108 cm³/mol. The van der Waals surface area contributed by atoms with Gasteiger partial charge >= 0.3 is 0 Å². The zero-order valence-corrected chi connectivity index (χ0v) is 15.5. The van der Waals surface area contributed by atoms with Crippen LogP contribution in [0.4, 0.5) is 0 Å². The van der Waals surface area contributed by atoms with Gasteiger partial charge in [-0.25, -0.2) is 0 Å². The lowest BCUT2D eigenvalue weighted by molar-refractivity contribution is -0.138. The molecule has 1 aliphatic rings. The molecule has 0 spiro atoms. The van der Waals surface area contributed by atoms with Crippen LogP contribution in [0.2, 0.25) is 0 Å². The Morgan fingerprint density at radius 2 is 1.48 bits per heavy atom. The fourth-order valence-corrected chi connectivity index (χ4v) is 3.55. The first kappa shape index (κ1) is 17.3. The summed E-state index contributed by atoms with van der Waals surface area (Å²) in [4.78, 5) is 14.7. The lowest BCUT2D eigenvalue weighted by Crippen LogP contribution is -2.43. The van der Waals surface area contributed by atoms with Crippen LogP contribution in [0.5, 0.6) is 5.75 Å². The Morgan fingerprint density at radius 1 is 0.852 bits per heavy atom. The number of amides is 1. The first-order valence-corrected chi connectivity index (χ1v) is 9.38. The third-order valence-electron chi connectivity index (χ3n) is 5.06. The van der Waals surface area contributed by atoms with Crippen molar-refractivity contribution in [2.45, 2.75) is 26.0 Å². The molecule has 0 aliphatic carbocycles. The highest BCUT2D eigenvalue weighted by molar-refractivity contribution is 5.81. The molecule has 0 aromatic heterocycles. The van der Waals surface area contributed by atoms with Gasteiger partial charge in [0.15, 0.2) is 6.10 Å². The fraction of sp³-hybridized carbons (Fsp3) is 0.208. The summed E-state index contributed by atoms with van der Waals surface area (Å²) < 4.78 is 5.92. The van der Waals surface area contributed by atoms with Gasteiger partial charge in [0.1, 0.15) is 5.75 Å². The second-order valence-corrected chi connectivity index (χ2v) is 6.93. The van der Waals surface area contributed by atoms with E-state index in [4.69, 9.17) is 4.74 Å². The lowest BCUT2D eigenvalue weighted by atomic mass is 9.99. The van der Waals surface area contributed by atoms with E-state index in [1.807, 2.05) is 60.4 Å². The average Bonchev–Trinajstić information content (AvgIpc) is 2.74. The van der Waals surface area contributed by atoms with Crippen LogP contribution in [0.25, 0.3) is 11.1 Å². The maximum Gasteiger partial charge on any atom is 0.263 e. The van der Waals surface area contributed by atoms with Crippen molar-refractivity contribution >= 4 is 5.91 Å². The van der Waals surface area contributed by atoms with Crippen molar-refractivity contribution in [3.63, 3.8) is 0 Å². The highest BCUT2D eigenvalue weighted by Crippen LogP contribution is 2.24. The van der Waals surface area contributed by atoms with Crippen molar-refractivity contribution in [2.75, 3.05) is 6.54 Å². The van der Waals surface area contributed by atoms with Gasteiger partial charge in [0.2, 0.25) is 0 Å². The maximum atomic E-state index is 12.8. The number of nitrogens with zero attached hydrogens (tertiary/aromatic N) is 1. The zero-order valence-electron chi connectivity index (χ0n) is 15.5. The van der Waals surface area contributed by atoms with E-state index in [0.29, 0.717) is 12.3 Å². The standard InChI is InChI=1S/C24H23NO2/c1-18(24(26)25-16-15-20-9-5-6-10-22(20)17-25)27-23-13-11-21(12-14-23)19-7-3-2-4-8-19/h2-14,18H,15-17H2,1H3. The number of hydrogen-bond donors (Lipinski definition) is 0. The highest BCUT2D eigenvalue weighted by Gasteiger charge is 2.25. The van der Waals surface area contributed by atoms with Crippen molar-refractivity contribution in [1.82, 2.24) is 4.90 Å². The summed E-state index contributed by atoms with van der Waals surface area (Å²) in [5.41, 5.74) is 4.87. The van der Waals surface area contributed by atoms with Crippen LogP contribution >= 0.6 is 0 Å². The van der Waals surface area contributed by atoms with Crippen molar-refractivity contribution < 1.29 is 9.53 Å². The molecule has 3 nitrogen and oxygen atoms in total. The molecular weight excluding hydrogens is 334 g/mol. The van der Waals surface area contributed by atoms with Gasteiger partial charge in [-0.1, -0.05) is 66.7 Å². The van der Waals surface area contributed by atoms with Gasteiger partial charge in [-0.05, 0) is 47.7 Å². The van der Waals surface area contributed by atoms with Gasteiger partial charge in [-0.2, -0.15) is 0 Å². The Bertz CT molecular complexity index is 919. The van der Waals surface area contributed by atoms with Crippen molar-refractivity contribution in [2.24, 2.45) is 0 Å². The van der Waals surface area contributed by atoms with E-state index in [9.17, 15) is 4.79 Å². The van der Waals surface area contributed by atoms with E-state index in [-0.39, 0.29) is 5.91 Å². The molecule has 0 bridgehead atoms. The van der Waals surface area contributed by atoms with Crippen LogP contribution in [0.1, 0.15) is 18.1 Å². The summed E-state index contributed by atoms with van der Waals surface area (Å²) in [6.45, 7) is 3.24. The second kappa shape index (κ2) is 7.67. The van der Waals surface area contributed by atoms with Gasteiger partial charge in [0, 0.05) is 13.1 Å². The Labute approximate surface area is 160 Å². The van der Waals surface area contributed by atoms with E-state index in [1.165, 1.54) is 16.7 Å². The molecular formula is C24H23NO2. The molecule has 4 rings (SSSR count). The summed E-state index contributed by atoms with van der Waals surface area (Å²) in [6.07, 6.45) is 0.401. The molecule has 1 aliphatic heterocycles. The number of hydrogen-bond acceptors (Lipinski definition) is 2. The minimum atomic E-state index is -0.502. The van der Waals surface area contributed by atoms with Crippen LogP contribution in [-0.4, -0.2) is 23.5 Å². The van der Waals surface area contributed by atoms with Crippen LogP contribution in [0.3, 0.4) is 0 Å². The van der Waals surface area contributed by atoms with Crippen molar-refractivity contribution in [1.29, 1.82) is 0 Å².